The molecule has 0 amide bonds. The molecule has 0 aromatic rings. The summed E-state index contributed by atoms with van der Waals surface area (Å²) >= 11 is 0. The molecule has 2 rings (SSSR count). The van der Waals surface area contributed by atoms with Gasteiger partial charge in [0.05, 0.1) is 0 Å². The van der Waals surface area contributed by atoms with E-state index >= 15 is 0 Å². The van der Waals surface area contributed by atoms with Gasteiger partial charge in [0.25, 0.3) is 0 Å². The van der Waals surface area contributed by atoms with Crippen molar-refractivity contribution in [1.82, 2.24) is 9.80 Å². The van der Waals surface area contributed by atoms with Gasteiger partial charge in [-0.25, -0.2) is 4.39 Å². The molecule has 112 valence electrons. The summed E-state index contributed by atoms with van der Waals surface area (Å²) in [7, 11) is 0. The molecule has 0 bridgehead atoms. The summed E-state index contributed by atoms with van der Waals surface area (Å²) in [5.74, 6) is 1.71. The molecule has 1 aliphatic carbocycles. The van der Waals surface area contributed by atoms with E-state index in [0.29, 0.717) is 18.6 Å². The summed E-state index contributed by atoms with van der Waals surface area (Å²) in [6.07, 6.45) is 4.46. The molecule has 0 aromatic carbocycles. The van der Waals surface area contributed by atoms with Gasteiger partial charge >= 0.3 is 0 Å². The Labute approximate surface area is 118 Å². The van der Waals surface area contributed by atoms with Crippen LogP contribution in [0.4, 0.5) is 4.39 Å². The van der Waals surface area contributed by atoms with Crippen molar-refractivity contribution in [3.8, 4) is 0 Å². The van der Waals surface area contributed by atoms with Gasteiger partial charge in [0.15, 0.2) is 6.30 Å². The first kappa shape index (κ1) is 15.2. The van der Waals surface area contributed by atoms with Crippen LogP contribution in [0.2, 0.25) is 0 Å². The number of hydrogen-bond donors (Lipinski definition) is 0. The molecule has 19 heavy (non-hydrogen) atoms. The van der Waals surface area contributed by atoms with E-state index in [0.717, 1.165) is 24.9 Å². The molecule has 3 heteroatoms. The van der Waals surface area contributed by atoms with Crippen LogP contribution in [-0.4, -0.2) is 47.8 Å². The summed E-state index contributed by atoms with van der Waals surface area (Å²) in [6.45, 7) is 11.4. The molecule has 1 saturated carbocycles. The maximum Gasteiger partial charge on any atom is 0.166 e. The molecule has 1 atom stereocenters. The lowest BCUT2D eigenvalue weighted by molar-refractivity contribution is -0.0412. The number of nitrogens with zero attached hydrogens (tertiary/aromatic N) is 2. The first-order valence-corrected chi connectivity index (χ1v) is 8.13. The summed E-state index contributed by atoms with van der Waals surface area (Å²) in [5.41, 5.74) is 0. The van der Waals surface area contributed by atoms with Crippen molar-refractivity contribution in [2.24, 2.45) is 11.8 Å². The SMILES string of the molecule is CC(C)C1CCC(N2CCN(C(C)C)[C@H](F)C2)CC1. The lowest BCUT2D eigenvalue weighted by atomic mass is 9.79. The van der Waals surface area contributed by atoms with Crippen molar-refractivity contribution in [3.63, 3.8) is 0 Å². The second kappa shape index (κ2) is 6.53. The predicted octanol–water partition coefficient (Wildman–Crippen LogP) is 3.52. The number of piperazine rings is 1. The Morgan fingerprint density at radius 2 is 1.58 bits per heavy atom. The van der Waals surface area contributed by atoms with Crippen LogP contribution in [0.5, 0.6) is 0 Å². The highest BCUT2D eigenvalue weighted by molar-refractivity contribution is 4.86. The van der Waals surface area contributed by atoms with Crippen molar-refractivity contribution in [1.29, 1.82) is 0 Å². The zero-order chi connectivity index (χ0) is 14.0. The fraction of sp³-hybridized carbons (Fsp3) is 1.00. The largest absolute Gasteiger partial charge is 0.295 e. The number of alkyl halides is 1. The molecule has 0 radical (unpaired) electrons. The fourth-order valence-electron chi connectivity index (χ4n) is 3.82. The van der Waals surface area contributed by atoms with Gasteiger partial charge in [0.2, 0.25) is 0 Å². The molecule has 0 spiro atoms. The minimum absolute atomic E-state index is 0.328. The Morgan fingerprint density at radius 1 is 0.947 bits per heavy atom. The highest BCUT2D eigenvalue weighted by atomic mass is 19.1. The topological polar surface area (TPSA) is 6.48 Å². The maximum absolute atomic E-state index is 14.2. The summed E-state index contributed by atoms with van der Waals surface area (Å²) in [6, 6.07) is 0.969. The number of hydrogen-bond acceptors (Lipinski definition) is 2. The summed E-state index contributed by atoms with van der Waals surface area (Å²) < 4.78 is 14.2. The van der Waals surface area contributed by atoms with E-state index in [-0.39, 0.29) is 0 Å². The molecule has 1 saturated heterocycles. The predicted molar refractivity (Wildman–Crippen MR) is 78.9 cm³/mol. The molecule has 1 aliphatic heterocycles. The molecular weight excluding hydrogens is 239 g/mol. The minimum atomic E-state index is -0.767. The molecule has 2 fully saturated rings. The molecule has 2 aliphatic rings. The minimum Gasteiger partial charge on any atom is -0.295 e. The monoisotopic (exact) mass is 270 g/mol. The number of rotatable bonds is 3. The zero-order valence-corrected chi connectivity index (χ0v) is 13.1. The molecule has 0 unspecified atom stereocenters. The van der Waals surface area contributed by atoms with E-state index < -0.39 is 6.30 Å². The van der Waals surface area contributed by atoms with E-state index in [9.17, 15) is 4.39 Å². The van der Waals surface area contributed by atoms with Crippen LogP contribution in [0.25, 0.3) is 0 Å². The van der Waals surface area contributed by atoms with Gasteiger partial charge in [-0.2, -0.15) is 0 Å². The average Bonchev–Trinajstić information content (AvgIpc) is 2.38. The van der Waals surface area contributed by atoms with Crippen LogP contribution in [0.3, 0.4) is 0 Å². The van der Waals surface area contributed by atoms with Gasteiger partial charge in [0, 0.05) is 31.7 Å². The van der Waals surface area contributed by atoms with E-state index in [1.54, 1.807) is 0 Å². The molecule has 0 aromatic heterocycles. The molecule has 1 heterocycles. The second-order valence-corrected chi connectivity index (χ2v) is 7.07. The van der Waals surface area contributed by atoms with E-state index in [1.165, 1.54) is 25.7 Å². The van der Waals surface area contributed by atoms with Crippen molar-refractivity contribution >= 4 is 0 Å². The molecular formula is C16H31FN2. The van der Waals surface area contributed by atoms with Crippen LogP contribution >= 0.6 is 0 Å². The lowest BCUT2D eigenvalue weighted by Crippen LogP contribution is -2.56. The van der Waals surface area contributed by atoms with Crippen molar-refractivity contribution in [2.75, 3.05) is 19.6 Å². The third-order valence-corrected chi connectivity index (χ3v) is 5.25. The first-order valence-electron chi connectivity index (χ1n) is 8.13. The van der Waals surface area contributed by atoms with E-state index in [2.05, 4.69) is 32.6 Å². The van der Waals surface area contributed by atoms with Gasteiger partial charge in [-0.3, -0.25) is 9.80 Å². The molecule has 2 nitrogen and oxygen atoms in total. The maximum atomic E-state index is 14.2. The van der Waals surface area contributed by atoms with Gasteiger partial charge in [-0.1, -0.05) is 13.8 Å². The smallest absolute Gasteiger partial charge is 0.166 e. The van der Waals surface area contributed by atoms with Gasteiger partial charge in [-0.15, -0.1) is 0 Å². The van der Waals surface area contributed by atoms with Gasteiger partial charge < -0.3 is 0 Å². The first-order chi connectivity index (χ1) is 8.99. The van der Waals surface area contributed by atoms with Crippen molar-refractivity contribution in [3.05, 3.63) is 0 Å². The number of halogens is 1. The van der Waals surface area contributed by atoms with Crippen LogP contribution < -0.4 is 0 Å². The quantitative estimate of drug-likeness (QED) is 0.724. The Balaban J connectivity index is 1.82. The summed E-state index contributed by atoms with van der Waals surface area (Å²) in [4.78, 5) is 4.41. The third kappa shape index (κ3) is 3.69. The van der Waals surface area contributed by atoms with Crippen molar-refractivity contribution < 1.29 is 4.39 Å². The normalized spacial score (nSPS) is 35.2. The highest BCUT2D eigenvalue weighted by Gasteiger charge is 2.34. The Bertz CT molecular complexity index is 272. The second-order valence-electron chi connectivity index (χ2n) is 7.07. The Morgan fingerprint density at radius 3 is 2.05 bits per heavy atom. The van der Waals surface area contributed by atoms with E-state index in [1.807, 2.05) is 4.90 Å². The van der Waals surface area contributed by atoms with Crippen molar-refractivity contribution in [2.45, 2.75) is 71.8 Å². The Hall–Kier alpha value is -0.150. The summed E-state index contributed by atoms with van der Waals surface area (Å²) in [5, 5.41) is 0. The van der Waals surface area contributed by atoms with Gasteiger partial charge in [0.1, 0.15) is 0 Å². The lowest BCUT2D eigenvalue weighted by Gasteiger charge is -2.45. The third-order valence-electron chi connectivity index (χ3n) is 5.25. The van der Waals surface area contributed by atoms with E-state index in [4.69, 9.17) is 0 Å². The van der Waals surface area contributed by atoms with Crippen LogP contribution in [0.15, 0.2) is 0 Å². The van der Waals surface area contributed by atoms with Crippen LogP contribution in [0.1, 0.15) is 53.4 Å². The zero-order valence-electron chi connectivity index (χ0n) is 13.1. The highest BCUT2D eigenvalue weighted by Crippen LogP contribution is 2.33. The van der Waals surface area contributed by atoms with Gasteiger partial charge in [-0.05, 0) is 51.4 Å². The Kier molecular flexibility index (Phi) is 5.24. The van der Waals surface area contributed by atoms with Crippen LogP contribution in [0, 0.1) is 11.8 Å². The fourth-order valence-corrected chi connectivity index (χ4v) is 3.82. The standard InChI is InChI=1S/C16H31FN2/c1-12(2)14-5-7-15(8-6-14)18-9-10-19(13(3)4)16(17)11-18/h12-16H,5-11H2,1-4H3/t14?,15?,16-/m0/s1. The molecule has 0 N–H and O–H groups in total. The van der Waals surface area contributed by atoms with Crippen LogP contribution in [-0.2, 0) is 0 Å². The average molecular weight is 270 g/mol.